The molecule has 0 atom stereocenters. The number of nitro groups is 1. The summed E-state index contributed by atoms with van der Waals surface area (Å²) in [6.45, 7) is 1.96. The Morgan fingerprint density at radius 2 is 2.05 bits per heavy atom. The summed E-state index contributed by atoms with van der Waals surface area (Å²) in [5.41, 5.74) is 1.11. The van der Waals surface area contributed by atoms with Crippen LogP contribution in [-0.2, 0) is 13.0 Å². The number of nitrogens with zero attached hydrogens (tertiary/aromatic N) is 5. The van der Waals surface area contributed by atoms with Gasteiger partial charge in [0.25, 0.3) is 5.56 Å². The maximum absolute atomic E-state index is 13.3. The number of aryl methyl sites for hydroxylation is 1. The number of ether oxygens (including phenoxy) is 1. The lowest BCUT2D eigenvalue weighted by molar-refractivity contribution is -0.385. The van der Waals surface area contributed by atoms with Crippen molar-refractivity contribution in [3.8, 4) is 11.8 Å². The van der Waals surface area contributed by atoms with Gasteiger partial charge in [-0.1, -0.05) is 59.1 Å². The van der Waals surface area contributed by atoms with E-state index in [4.69, 9.17) is 16.3 Å². The molecule has 3 aromatic carbocycles. The second kappa shape index (κ2) is 12.0. The molecule has 0 unspecified atom stereocenters. The number of hydrogen-bond acceptors (Lipinski definition) is 7. The number of halogens is 2. The Morgan fingerprint density at radius 1 is 1.26 bits per heavy atom. The lowest BCUT2D eigenvalue weighted by Gasteiger charge is -2.11. The van der Waals surface area contributed by atoms with Crippen molar-refractivity contribution < 1.29 is 9.66 Å². The molecule has 0 saturated carbocycles. The predicted octanol–water partition coefficient (Wildman–Crippen LogP) is 6.40. The van der Waals surface area contributed by atoms with E-state index < -0.39 is 4.92 Å². The topological polar surface area (TPSA) is 123 Å². The SMILES string of the molecule is CCCCc1nc2ccc(Br)cc2c(=O)n1N=Cc1cc(Cl)c(OCc2ccccc2C#N)c([N+](=O)[O-])c1. The van der Waals surface area contributed by atoms with Gasteiger partial charge in [0.05, 0.1) is 38.7 Å². The first-order valence-electron chi connectivity index (χ1n) is 11.7. The number of unbranched alkanes of at least 4 members (excludes halogenated alkanes) is 1. The van der Waals surface area contributed by atoms with E-state index in [9.17, 15) is 20.2 Å². The lowest BCUT2D eigenvalue weighted by atomic mass is 10.1. The van der Waals surface area contributed by atoms with E-state index in [0.717, 1.165) is 17.3 Å². The summed E-state index contributed by atoms with van der Waals surface area (Å²) in [5, 5.41) is 25.8. The van der Waals surface area contributed by atoms with Crippen LogP contribution >= 0.6 is 27.5 Å². The number of benzene rings is 3. The number of hydrogen-bond donors (Lipinski definition) is 0. The molecule has 9 nitrogen and oxygen atoms in total. The molecule has 1 heterocycles. The molecule has 0 aliphatic carbocycles. The maximum atomic E-state index is 13.3. The summed E-state index contributed by atoms with van der Waals surface area (Å²) in [7, 11) is 0. The van der Waals surface area contributed by atoms with E-state index in [0.29, 0.717) is 39.8 Å². The van der Waals surface area contributed by atoms with E-state index in [1.165, 1.54) is 23.0 Å². The van der Waals surface area contributed by atoms with Crippen molar-refractivity contribution in [3.63, 3.8) is 0 Å². The van der Waals surface area contributed by atoms with Gasteiger partial charge >= 0.3 is 5.69 Å². The fraction of sp³-hybridized carbons (Fsp3) is 0.185. The van der Waals surface area contributed by atoms with Gasteiger partial charge in [-0.25, -0.2) is 4.98 Å². The minimum atomic E-state index is -0.608. The second-order valence-corrected chi connectivity index (χ2v) is 9.64. The van der Waals surface area contributed by atoms with E-state index in [1.807, 2.05) is 13.0 Å². The van der Waals surface area contributed by atoms with Gasteiger partial charge in [0, 0.05) is 28.1 Å². The van der Waals surface area contributed by atoms with Crippen molar-refractivity contribution in [2.75, 3.05) is 0 Å². The number of nitriles is 1. The summed E-state index contributed by atoms with van der Waals surface area (Å²) < 4.78 is 7.63. The first kappa shape index (κ1) is 27.0. The van der Waals surface area contributed by atoms with Crippen LogP contribution in [0.3, 0.4) is 0 Å². The van der Waals surface area contributed by atoms with Crippen LogP contribution in [0.25, 0.3) is 10.9 Å². The minimum Gasteiger partial charge on any atom is -0.481 e. The smallest absolute Gasteiger partial charge is 0.313 e. The maximum Gasteiger partial charge on any atom is 0.313 e. The van der Waals surface area contributed by atoms with Crippen molar-refractivity contribution in [2.45, 2.75) is 32.8 Å². The van der Waals surface area contributed by atoms with E-state index in [-0.39, 0.29) is 28.6 Å². The van der Waals surface area contributed by atoms with Gasteiger partial charge in [-0.2, -0.15) is 15.0 Å². The van der Waals surface area contributed by atoms with Gasteiger partial charge in [0.2, 0.25) is 5.75 Å². The predicted molar refractivity (Wildman–Crippen MR) is 149 cm³/mol. The molecule has 0 radical (unpaired) electrons. The molecule has 0 amide bonds. The minimum absolute atomic E-state index is 0.00536. The zero-order chi connectivity index (χ0) is 27.2. The molecular weight excluding hydrogens is 574 g/mol. The molecule has 4 aromatic rings. The van der Waals surface area contributed by atoms with E-state index in [1.54, 1.807) is 36.4 Å². The highest BCUT2D eigenvalue weighted by Crippen LogP contribution is 2.36. The van der Waals surface area contributed by atoms with Crippen molar-refractivity contribution >= 4 is 50.3 Å². The van der Waals surface area contributed by atoms with Crippen molar-refractivity contribution in [1.29, 1.82) is 5.26 Å². The molecule has 38 heavy (non-hydrogen) atoms. The Morgan fingerprint density at radius 3 is 2.79 bits per heavy atom. The Kier molecular flexibility index (Phi) is 8.51. The Hall–Kier alpha value is -4.07. The molecule has 0 aliphatic rings. The van der Waals surface area contributed by atoms with Crippen LogP contribution in [0, 0.1) is 21.4 Å². The second-order valence-electron chi connectivity index (χ2n) is 8.32. The number of fused-ring (bicyclic) bond motifs is 1. The first-order chi connectivity index (χ1) is 18.3. The van der Waals surface area contributed by atoms with Gasteiger partial charge in [-0.3, -0.25) is 14.9 Å². The molecule has 0 N–H and O–H groups in total. The van der Waals surface area contributed by atoms with Gasteiger partial charge in [-0.15, -0.1) is 0 Å². The highest BCUT2D eigenvalue weighted by atomic mass is 79.9. The van der Waals surface area contributed by atoms with Gasteiger partial charge < -0.3 is 4.74 Å². The van der Waals surface area contributed by atoms with E-state index >= 15 is 0 Å². The average Bonchev–Trinajstić information content (AvgIpc) is 2.91. The lowest BCUT2D eigenvalue weighted by Crippen LogP contribution is -2.22. The standard InChI is InChI=1S/C27H21BrClN5O4/c1-2-3-8-25-32-23-10-9-20(28)13-21(23)27(35)33(25)31-15-17-11-22(29)26(24(12-17)34(36)37)38-16-19-7-5-4-6-18(19)14-30/h4-7,9-13,15H,2-3,8,16H2,1H3. The molecule has 1 aromatic heterocycles. The van der Waals surface area contributed by atoms with Crippen LogP contribution in [-0.4, -0.2) is 20.8 Å². The van der Waals surface area contributed by atoms with Crippen LogP contribution in [0.15, 0.2) is 69.0 Å². The molecule has 0 bridgehead atoms. The molecule has 11 heteroatoms. The largest absolute Gasteiger partial charge is 0.481 e. The molecule has 0 spiro atoms. The third kappa shape index (κ3) is 5.90. The quantitative estimate of drug-likeness (QED) is 0.126. The summed E-state index contributed by atoms with van der Waals surface area (Å²) >= 11 is 9.76. The third-order valence-electron chi connectivity index (χ3n) is 5.70. The van der Waals surface area contributed by atoms with Crippen LogP contribution in [0.5, 0.6) is 5.75 Å². The molecule has 4 rings (SSSR count). The van der Waals surface area contributed by atoms with Gasteiger partial charge in [0.1, 0.15) is 12.4 Å². The Labute approximate surface area is 231 Å². The summed E-state index contributed by atoms with van der Waals surface area (Å²) in [6, 6.07) is 16.8. The van der Waals surface area contributed by atoms with Crippen LogP contribution in [0.2, 0.25) is 5.02 Å². The van der Waals surface area contributed by atoms with Crippen LogP contribution in [0.4, 0.5) is 5.69 Å². The average molecular weight is 595 g/mol. The fourth-order valence-corrected chi connectivity index (χ4v) is 4.43. The molecule has 0 aliphatic heterocycles. The normalized spacial score (nSPS) is 11.1. The monoisotopic (exact) mass is 593 g/mol. The van der Waals surface area contributed by atoms with Crippen LogP contribution in [0.1, 0.15) is 42.3 Å². The number of rotatable bonds is 9. The van der Waals surface area contributed by atoms with Crippen molar-refractivity contribution in [3.05, 3.63) is 107 Å². The summed E-state index contributed by atoms with van der Waals surface area (Å²) in [6.07, 6.45) is 3.57. The first-order valence-corrected chi connectivity index (χ1v) is 12.8. The zero-order valence-electron chi connectivity index (χ0n) is 20.2. The summed E-state index contributed by atoms with van der Waals surface area (Å²) in [4.78, 5) is 29.1. The summed E-state index contributed by atoms with van der Waals surface area (Å²) in [5.74, 6) is 0.360. The molecular formula is C27H21BrClN5O4. The van der Waals surface area contributed by atoms with Crippen LogP contribution < -0.4 is 10.3 Å². The third-order valence-corrected chi connectivity index (χ3v) is 6.48. The fourth-order valence-electron chi connectivity index (χ4n) is 3.79. The molecule has 192 valence electrons. The Bertz CT molecular complexity index is 1660. The molecule has 0 fully saturated rings. The van der Waals surface area contributed by atoms with E-state index in [2.05, 4.69) is 32.1 Å². The highest BCUT2D eigenvalue weighted by Gasteiger charge is 2.21. The zero-order valence-corrected chi connectivity index (χ0v) is 22.6. The van der Waals surface area contributed by atoms with Crippen molar-refractivity contribution in [1.82, 2.24) is 9.66 Å². The number of aromatic nitrogens is 2. The molecule has 0 saturated heterocycles. The van der Waals surface area contributed by atoms with Gasteiger partial charge in [0.15, 0.2) is 0 Å². The van der Waals surface area contributed by atoms with Gasteiger partial charge in [-0.05, 0) is 36.8 Å². The van der Waals surface area contributed by atoms with Crippen molar-refractivity contribution in [2.24, 2.45) is 5.10 Å². The number of nitro benzene ring substituents is 1. The highest BCUT2D eigenvalue weighted by molar-refractivity contribution is 9.10. The Balaban J connectivity index is 1.72.